The molecule has 0 spiro atoms. The Morgan fingerprint density at radius 3 is 1.71 bits per heavy atom. The Balaban J connectivity index is 2.99. The smallest absolute Gasteiger partial charge is 0.0516 e. The van der Waals surface area contributed by atoms with Gasteiger partial charge in [0.05, 0.1) is 13.2 Å². The lowest BCUT2D eigenvalue weighted by molar-refractivity contribution is 0.237. The summed E-state index contributed by atoms with van der Waals surface area (Å²) in [6, 6.07) is 0. The lowest BCUT2D eigenvalue weighted by atomic mass is 10.1. The van der Waals surface area contributed by atoms with Crippen molar-refractivity contribution < 1.29 is 10.2 Å². The van der Waals surface area contributed by atoms with E-state index >= 15 is 0 Å². The van der Waals surface area contributed by atoms with Gasteiger partial charge in [-0.2, -0.15) is 0 Å². The first-order valence-corrected chi connectivity index (χ1v) is 2.40. The van der Waals surface area contributed by atoms with Gasteiger partial charge in [-0.25, -0.2) is 0 Å². The molecule has 0 fully saturated rings. The van der Waals surface area contributed by atoms with Gasteiger partial charge in [-0.3, -0.25) is 0 Å². The molecule has 0 rings (SSSR count). The van der Waals surface area contributed by atoms with Crippen molar-refractivity contribution in [2.45, 2.75) is 13.3 Å². The van der Waals surface area contributed by atoms with E-state index in [1.807, 2.05) is 6.92 Å². The summed E-state index contributed by atoms with van der Waals surface area (Å²) >= 11 is 0. The van der Waals surface area contributed by atoms with Crippen molar-refractivity contribution in [1.29, 1.82) is 0 Å². The Hall–Kier alpha value is -0.0800. The fourth-order valence-electron chi connectivity index (χ4n) is 0.274. The molecule has 0 bridgehead atoms. The van der Waals surface area contributed by atoms with Crippen LogP contribution in [0.1, 0.15) is 13.3 Å². The average Bonchev–Trinajstić information content (AvgIpc) is 1.72. The van der Waals surface area contributed by atoms with E-state index in [1.54, 1.807) is 0 Å². The zero-order chi connectivity index (χ0) is 5.70. The molecule has 0 amide bonds. The van der Waals surface area contributed by atoms with Crippen LogP contribution in [0.4, 0.5) is 0 Å². The first-order valence-electron chi connectivity index (χ1n) is 2.40. The van der Waals surface area contributed by atoms with Crippen molar-refractivity contribution in [2.75, 3.05) is 13.2 Å². The highest BCUT2D eigenvalue weighted by Gasteiger charge is 1.99. The number of rotatable bonds is 3. The second-order valence-electron chi connectivity index (χ2n) is 1.42. The molecule has 2 nitrogen and oxygen atoms in total. The van der Waals surface area contributed by atoms with Crippen molar-refractivity contribution in [3.8, 4) is 0 Å². The lowest BCUT2D eigenvalue weighted by Crippen LogP contribution is -2.05. The second-order valence-corrected chi connectivity index (χ2v) is 1.42. The summed E-state index contributed by atoms with van der Waals surface area (Å²) in [5, 5.41) is 16.7. The van der Waals surface area contributed by atoms with Gasteiger partial charge in [0.1, 0.15) is 0 Å². The van der Waals surface area contributed by atoms with Gasteiger partial charge in [-0.05, 0) is 6.42 Å². The van der Waals surface area contributed by atoms with Gasteiger partial charge >= 0.3 is 0 Å². The summed E-state index contributed by atoms with van der Waals surface area (Å²) in [6.07, 6.45) is 0.771. The van der Waals surface area contributed by atoms with E-state index in [9.17, 15) is 0 Å². The van der Waals surface area contributed by atoms with E-state index in [-0.39, 0.29) is 13.2 Å². The minimum absolute atomic E-state index is 0.0208. The van der Waals surface area contributed by atoms with Gasteiger partial charge in [0.25, 0.3) is 0 Å². The van der Waals surface area contributed by atoms with Gasteiger partial charge in [0, 0.05) is 5.92 Å². The first kappa shape index (κ1) is 6.92. The van der Waals surface area contributed by atoms with Crippen LogP contribution in [0.2, 0.25) is 0 Å². The molecule has 0 aliphatic rings. The van der Waals surface area contributed by atoms with Gasteiger partial charge < -0.3 is 10.2 Å². The summed E-state index contributed by atoms with van der Waals surface area (Å²) in [6.45, 7) is 1.95. The maximum absolute atomic E-state index is 8.33. The van der Waals surface area contributed by atoms with Crippen LogP contribution in [0.3, 0.4) is 0 Å². The number of aliphatic hydroxyl groups excluding tert-OH is 2. The lowest BCUT2D eigenvalue weighted by Gasteiger charge is -2.02. The molecule has 0 aromatic rings. The molecule has 2 N–H and O–H groups in total. The molecule has 0 saturated carbocycles. The Bertz CT molecular complexity index is 27.6. The quantitative estimate of drug-likeness (QED) is 0.526. The van der Waals surface area contributed by atoms with Crippen molar-refractivity contribution in [3.05, 3.63) is 5.92 Å². The maximum Gasteiger partial charge on any atom is 0.0516 e. The minimum atomic E-state index is 0.0208. The van der Waals surface area contributed by atoms with Gasteiger partial charge in [-0.15, -0.1) is 0 Å². The normalized spacial score (nSPS) is 10.3. The Morgan fingerprint density at radius 1 is 1.29 bits per heavy atom. The summed E-state index contributed by atoms with van der Waals surface area (Å²) < 4.78 is 0. The zero-order valence-corrected chi connectivity index (χ0v) is 4.52. The molecular formula is C5H11O2. The van der Waals surface area contributed by atoms with Crippen LogP contribution in [0.25, 0.3) is 0 Å². The van der Waals surface area contributed by atoms with Crippen molar-refractivity contribution >= 4 is 0 Å². The fraction of sp³-hybridized carbons (Fsp3) is 0.800. The van der Waals surface area contributed by atoms with E-state index in [0.29, 0.717) is 0 Å². The molecule has 1 radical (unpaired) electrons. The zero-order valence-electron chi connectivity index (χ0n) is 4.52. The second kappa shape index (κ2) is 4.09. The van der Waals surface area contributed by atoms with E-state index in [2.05, 4.69) is 0 Å². The molecule has 43 valence electrons. The maximum atomic E-state index is 8.33. The van der Waals surface area contributed by atoms with E-state index in [0.717, 1.165) is 12.3 Å². The van der Waals surface area contributed by atoms with Crippen LogP contribution in [0.15, 0.2) is 0 Å². The van der Waals surface area contributed by atoms with Gasteiger partial charge in [0.15, 0.2) is 0 Å². The highest BCUT2D eigenvalue weighted by atomic mass is 16.3. The van der Waals surface area contributed by atoms with Gasteiger partial charge in [0.2, 0.25) is 0 Å². The third kappa shape index (κ3) is 2.60. The van der Waals surface area contributed by atoms with E-state index in [1.165, 1.54) is 0 Å². The Labute approximate surface area is 43.8 Å². The molecule has 0 saturated heterocycles. The highest BCUT2D eigenvalue weighted by Crippen LogP contribution is 1.99. The van der Waals surface area contributed by atoms with E-state index in [4.69, 9.17) is 10.2 Å². The van der Waals surface area contributed by atoms with Crippen LogP contribution in [-0.2, 0) is 0 Å². The standard InChI is InChI=1S/C5H11O2/c1-2-5(3-6)4-7/h6-7H,2-4H2,1H3. The van der Waals surface area contributed by atoms with Crippen LogP contribution < -0.4 is 0 Å². The third-order valence-electron chi connectivity index (χ3n) is 0.947. The summed E-state index contributed by atoms with van der Waals surface area (Å²) in [5.41, 5.74) is 0. The summed E-state index contributed by atoms with van der Waals surface area (Å²) in [7, 11) is 0. The SMILES string of the molecule is CC[C](CO)CO. The van der Waals surface area contributed by atoms with Gasteiger partial charge in [-0.1, -0.05) is 6.92 Å². The van der Waals surface area contributed by atoms with Crippen LogP contribution in [0, 0.1) is 5.92 Å². The van der Waals surface area contributed by atoms with Crippen molar-refractivity contribution in [1.82, 2.24) is 0 Å². The summed E-state index contributed by atoms with van der Waals surface area (Å²) in [5.74, 6) is 0.792. The Morgan fingerprint density at radius 2 is 1.71 bits per heavy atom. The first-order chi connectivity index (χ1) is 3.35. The topological polar surface area (TPSA) is 40.5 Å². The van der Waals surface area contributed by atoms with E-state index < -0.39 is 0 Å². The highest BCUT2D eigenvalue weighted by molar-refractivity contribution is 4.85. The molecule has 0 atom stereocenters. The molecule has 0 aliphatic heterocycles. The number of hydrogen-bond donors (Lipinski definition) is 2. The summed E-state index contributed by atoms with van der Waals surface area (Å²) in [4.78, 5) is 0. The molecule has 2 heteroatoms. The molecule has 0 heterocycles. The monoisotopic (exact) mass is 103 g/mol. The predicted octanol–water partition coefficient (Wildman–Crippen LogP) is -0.0445. The van der Waals surface area contributed by atoms with Crippen LogP contribution >= 0.6 is 0 Å². The minimum Gasteiger partial charge on any atom is -0.396 e. The largest absolute Gasteiger partial charge is 0.396 e. The number of aliphatic hydroxyl groups is 2. The number of hydrogen-bond acceptors (Lipinski definition) is 2. The molecular weight excluding hydrogens is 92.1 g/mol. The molecule has 0 aromatic heterocycles. The third-order valence-corrected chi connectivity index (χ3v) is 0.947. The predicted molar refractivity (Wildman–Crippen MR) is 27.7 cm³/mol. The molecule has 7 heavy (non-hydrogen) atoms. The molecule has 0 unspecified atom stereocenters. The molecule has 0 aliphatic carbocycles. The molecule has 0 aromatic carbocycles. The van der Waals surface area contributed by atoms with Crippen LogP contribution in [0.5, 0.6) is 0 Å². The van der Waals surface area contributed by atoms with Crippen molar-refractivity contribution in [2.24, 2.45) is 0 Å². The Kier molecular flexibility index (Phi) is 4.04. The average molecular weight is 103 g/mol. The fourth-order valence-corrected chi connectivity index (χ4v) is 0.274. The van der Waals surface area contributed by atoms with Crippen LogP contribution in [-0.4, -0.2) is 23.4 Å². The van der Waals surface area contributed by atoms with Crippen molar-refractivity contribution in [3.63, 3.8) is 0 Å².